The van der Waals surface area contributed by atoms with Crippen molar-refractivity contribution in [1.29, 1.82) is 0 Å². The van der Waals surface area contributed by atoms with Crippen molar-refractivity contribution in [3.8, 4) is 0 Å². The number of ketones is 1. The summed E-state index contributed by atoms with van der Waals surface area (Å²) < 4.78 is 17.2. The number of methoxy groups -OCH3 is 1. The lowest BCUT2D eigenvalue weighted by Gasteiger charge is -2.43. The molecule has 6 heteroatoms. The molecule has 0 aliphatic heterocycles. The molecule has 0 radical (unpaired) electrons. The summed E-state index contributed by atoms with van der Waals surface area (Å²) in [5.41, 5.74) is 0.697. The normalized spacial score (nSPS) is 18.9. The Bertz CT molecular complexity index is 982. The van der Waals surface area contributed by atoms with E-state index in [9.17, 15) is 9.59 Å². The summed E-state index contributed by atoms with van der Waals surface area (Å²) in [5, 5.41) is 2.15. The van der Waals surface area contributed by atoms with Crippen LogP contribution in [0.15, 0.2) is 84.5 Å². The summed E-state index contributed by atoms with van der Waals surface area (Å²) in [6, 6.07) is 20.6. The summed E-state index contributed by atoms with van der Waals surface area (Å²) in [7, 11) is -1.39. The fourth-order valence-electron chi connectivity index (χ4n) is 4.17. The smallest absolute Gasteiger partial charge is 0.305 e. The molecule has 1 aliphatic carbocycles. The van der Waals surface area contributed by atoms with Gasteiger partial charge in [0.2, 0.25) is 5.78 Å². The fraction of sp³-hybridized carbons (Fsp3) is 0.308. The van der Waals surface area contributed by atoms with Crippen LogP contribution in [0.4, 0.5) is 0 Å². The molecule has 0 N–H and O–H groups in total. The van der Waals surface area contributed by atoms with Gasteiger partial charge >= 0.3 is 5.97 Å². The van der Waals surface area contributed by atoms with Crippen LogP contribution in [-0.4, -0.2) is 39.6 Å². The van der Waals surface area contributed by atoms with Crippen LogP contribution in [0.5, 0.6) is 0 Å². The first-order chi connectivity index (χ1) is 15.1. The Morgan fingerprint density at radius 3 is 1.91 bits per heavy atom. The molecule has 0 saturated heterocycles. The molecule has 3 rings (SSSR count). The second-order valence-electron chi connectivity index (χ2n) is 8.83. The van der Waals surface area contributed by atoms with Crippen molar-refractivity contribution < 1.29 is 23.5 Å². The van der Waals surface area contributed by atoms with Gasteiger partial charge in [-0.15, -0.1) is 0 Å². The molecule has 0 heterocycles. The summed E-state index contributed by atoms with van der Waals surface area (Å²) in [6.07, 6.45) is 4.64. The van der Waals surface area contributed by atoms with Gasteiger partial charge in [-0.3, -0.25) is 9.59 Å². The summed E-state index contributed by atoms with van der Waals surface area (Å²) in [4.78, 5) is 24.2. The van der Waals surface area contributed by atoms with Crippen molar-refractivity contribution in [1.82, 2.24) is 0 Å². The van der Waals surface area contributed by atoms with Gasteiger partial charge in [-0.1, -0.05) is 87.5 Å². The zero-order chi connectivity index (χ0) is 23.4. The third-order valence-corrected chi connectivity index (χ3v) is 10.6. The second kappa shape index (κ2) is 9.36. The third-order valence-electron chi connectivity index (χ3n) is 5.65. The molecule has 2 aromatic carbocycles. The molecule has 0 bridgehead atoms. The van der Waals surface area contributed by atoms with Gasteiger partial charge in [0.05, 0.1) is 6.61 Å². The number of carbonyl (C=O) groups excluding carboxylic acids is 2. The molecule has 32 heavy (non-hydrogen) atoms. The highest BCUT2D eigenvalue weighted by Gasteiger charge is 2.50. The van der Waals surface area contributed by atoms with Crippen molar-refractivity contribution in [2.75, 3.05) is 13.7 Å². The van der Waals surface area contributed by atoms with Gasteiger partial charge in [0.15, 0.2) is 0 Å². The molecule has 0 amide bonds. The minimum Gasteiger partial charge on any atom is -0.421 e. The zero-order valence-electron chi connectivity index (χ0n) is 19.3. The predicted octanol–water partition coefficient (Wildman–Crippen LogP) is 3.53. The molecule has 0 unspecified atom stereocenters. The van der Waals surface area contributed by atoms with E-state index < -0.39 is 25.9 Å². The first kappa shape index (κ1) is 23.9. The lowest BCUT2D eigenvalue weighted by Crippen LogP contribution is -2.66. The molecule has 168 valence electrons. The van der Waals surface area contributed by atoms with Crippen LogP contribution in [0.1, 0.15) is 27.7 Å². The lowest BCUT2D eigenvalue weighted by atomic mass is 10.0. The van der Waals surface area contributed by atoms with Crippen molar-refractivity contribution in [3.05, 3.63) is 84.5 Å². The highest BCUT2D eigenvalue weighted by molar-refractivity contribution is 6.99. The van der Waals surface area contributed by atoms with Gasteiger partial charge in [-0.05, 0) is 33.1 Å². The van der Waals surface area contributed by atoms with E-state index >= 15 is 0 Å². The van der Waals surface area contributed by atoms with Crippen molar-refractivity contribution >= 4 is 30.4 Å². The topological polar surface area (TPSA) is 61.8 Å². The third kappa shape index (κ3) is 4.53. The average molecular weight is 451 g/mol. The fourth-order valence-corrected chi connectivity index (χ4v) is 8.71. The molecule has 1 aliphatic rings. The van der Waals surface area contributed by atoms with E-state index in [1.54, 1.807) is 6.08 Å². The second-order valence-corrected chi connectivity index (χ2v) is 13.1. The number of hydrogen-bond donors (Lipinski definition) is 0. The van der Waals surface area contributed by atoms with E-state index in [4.69, 9.17) is 13.9 Å². The molecule has 1 atom stereocenters. The predicted molar refractivity (Wildman–Crippen MR) is 127 cm³/mol. The van der Waals surface area contributed by atoms with E-state index in [0.29, 0.717) is 5.57 Å². The van der Waals surface area contributed by atoms with Crippen LogP contribution in [-0.2, 0) is 23.5 Å². The van der Waals surface area contributed by atoms with E-state index in [1.165, 1.54) is 26.2 Å². The van der Waals surface area contributed by atoms with Gasteiger partial charge in [-0.25, -0.2) is 0 Å². The first-order valence-electron chi connectivity index (χ1n) is 10.6. The lowest BCUT2D eigenvalue weighted by molar-refractivity contribution is -0.198. The van der Waals surface area contributed by atoms with Gasteiger partial charge < -0.3 is 13.9 Å². The van der Waals surface area contributed by atoms with Crippen LogP contribution in [0, 0.1) is 0 Å². The maximum atomic E-state index is 12.8. The Morgan fingerprint density at radius 2 is 1.50 bits per heavy atom. The quantitative estimate of drug-likeness (QED) is 0.367. The highest BCUT2D eigenvalue weighted by atomic mass is 28.4. The molecule has 0 fully saturated rings. The number of hydrogen-bond acceptors (Lipinski definition) is 5. The molecule has 5 nitrogen and oxygen atoms in total. The van der Waals surface area contributed by atoms with Crippen LogP contribution >= 0.6 is 0 Å². The van der Waals surface area contributed by atoms with Crippen molar-refractivity contribution in [3.63, 3.8) is 0 Å². The molecule has 0 aromatic heterocycles. The van der Waals surface area contributed by atoms with Gasteiger partial charge in [0.1, 0.15) is 0 Å². The molecular formula is C26H30O5Si. The van der Waals surface area contributed by atoms with E-state index in [2.05, 4.69) is 45.0 Å². The van der Waals surface area contributed by atoms with E-state index in [1.807, 2.05) is 36.4 Å². The standard InChI is InChI=1S/C26H30O5Si/c1-20(27)31-26(29-5)17-16-21(18-24(26)28)19-30-32(25(2,3)4,22-12-8-6-9-13-22)23-14-10-7-11-15-23/h6-18H,19H2,1-5H3/t26-/m0/s1. The van der Waals surface area contributed by atoms with Crippen molar-refractivity contribution in [2.45, 2.75) is 38.5 Å². The SMILES string of the molecule is CO[C@]1(OC(C)=O)C=CC(CO[Si](c2ccccc2)(c2ccccc2)C(C)(C)C)=CC1=O. The number of rotatable bonds is 7. The highest BCUT2D eigenvalue weighted by Crippen LogP contribution is 2.37. The number of benzene rings is 2. The summed E-state index contributed by atoms with van der Waals surface area (Å²) >= 11 is 0. The first-order valence-corrected chi connectivity index (χ1v) is 12.5. The number of carbonyl (C=O) groups is 2. The van der Waals surface area contributed by atoms with Crippen LogP contribution < -0.4 is 10.4 Å². The summed E-state index contributed by atoms with van der Waals surface area (Å²) in [5.74, 6) is -2.75. The zero-order valence-corrected chi connectivity index (χ0v) is 20.3. The molecular weight excluding hydrogens is 420 g/mol. The van der Waals surface area contributed by atoms with Gasteiger partial charge in [0.25, 0.3) is 14.1 Å². The van der Waals surface area contributed by atoms with Crippen LogP contribution in [0.3, 0.4) is 0 Å². The average Bonchev–Trinajstić information content (AvgIpc) is 2.76. The Kier molecular flexibility index (Phi) is 6.98. The molecule has 2 aromatic rings. The minimum atomic E-state index is -2.73. The Labute approximate surface area is 190 Å². The number of esters is 1. The number of ether oxygens (including phenoxy) is 2. The van der Waals surface area contributed by atoms with Crippen LogP contribution in [0.25, 0.3) is 0 Å². The molecule has 0 spiro atoms. The Hall–Kier alpha value is -2.80. The van der Waals surface area contributed by atoms with Gasteiger partial charge in [0, 0.05) is 14.0 Å². The minimum absolute atomic E-state index is 0.174. The van der Waals surface area contributed by atoms with E-state index in [-0.39, 0.29) is 11.6 Å². The van der Waals surface area contributed by atoms with Crippen LogP contribution in [0.2, 0.25) is 5.04 Å². The Morgan fingerprint density at radius 1 is 0.969 bits per heavy atom. The van der Waals surface area contributed by atoms with Gasteiger partial charge in [-0.2, -0.15) is 0 Å². The largest absolute Gasteiger partial charge is 0.421 e. The van der Waals surface area contributed by atoms with E-state index in [0.717, 1.165) is 10.4 Å². The van der Waals surface area contributed by atoms with Crippen molar-refractivity contribution in [2.24, 2.45) is 0 Å². The summed E-state index contributed by atoms with van der Waals surface area (Å²) in [6.45, 7) is 8.09. The monoisotopic (exact) mass is 450 g/mol. The maximum absolute atomic E-state index is 12.8. The molecule has 0 saturated carbocycles. The maximum Gasteiger partial charge on any atom is 0.305 e. The Balaban J connectivity index is 1.99.